The van der Waals surface area contributed by atoms with Gasteiger partial charge >= 0.3 is 0 Å². The quantitative estimate of drug-likeness (QED) is 0.360. The van der Waals surface area contributed by atoms with Gasteiger partial charge in [0.15, 0.2) is 0 Å². The van der Waals surface area contributed by atoms with E-state index in [1.54, 1.807) is 49.6 Å². The number of hydrogen-bond acceptors (Lipinski definition) is 8. The zero-order chi connectivity index (χ0) is 18.8. The average Bonchev–Trinajstić information content (AvgIpc) is 3.31. The van der Waals surface area contributed by atoms with E-state index in [1.807, 2.05) is 6.07 Å². The van der Waals surface area contributed by atoms with E-state index in [9.17, 15) is 10.1 Å². The summed E-state index contributed by atoms with van der Waals surface area (Å²) in [6, 6.07) is 13.7. The Bertz CT molecular complexity index is 1110. The monoisotopic (exact) mass is 380 g/mol. The van der Waals surface area contributed by atoms with Crippen LogP contribution in [0.4, 0.5) is 5.69 Å². The molecule has 3 aromatic heterocycles. The molecule has 9 heteroatoms. The van der Waals surface area contributed by atoms with Crippen molar-refractivity contribution < 1.29 is 13.8 Å². The van der Waals surface area contributed by atoms with Crippen molar-refractivity contribution in [3.05, 3.63) is 70.7 Å². The third-order valence-electron chi connectivity index (χ3n) is 3.78. The van der Waals surface area contributed by atoms with E-state index in [2.05, 4.69) is 15.2 Å². The van der Waals surface area contributed by atoms with Crippen LogP contribution in [-0.4, -0.2) is 20.1 Å². The Morgan fingerprint density at radius 3 is 2.59 bits per heavy atom. The van der Waals surface area contributed by atoms with Crippen LogP contribution in [0.5, 0.6) is 0 Å². The van der Waals surface area contributed by atoms with E-state index >= 15 is 0 Å². The Morgan fingerprint density at radius 2 is 1.89 bits per heavy atom. The van der Waals surface area contributed by atoms with E-state index in [0.29, 0.717) is 22.2 Å². The lowest BCUT2D eigenvalue weighted by molar-refractivity contribution is -0.384. The molecular formula is C18H12N4O4S. The molecule has 0 amide bonds. The van der Waals surface area contributed by atoms with Crippen molar-refractivity contribution >= 4 is 17.4 Å². The molecule has 4 rings (SSSR count). The number of hydrogen-bond donors (Lipinski definition) is 0. The molecule has 27 heavy (non-hydrogen) atoms. The number of benzene rings is 1. The largest absolute Gasteiger partial charge is 0.469 e. The number of nitro groups is 1. The van der Waals surface area contributed by atoms with E-state index in [4.69, 9.17) is 8.83 Å². The van der Waals surface area contributed by atoms with Gasteiger partial charge in [0.2, 0.25) is 0 Å². The minimum atomic E-state index is -0.448. The molecule has 1 aromatic carbocycles. The van der Waals surface area contributed by atoms with Crippen molar-refractivity contribution in [2.75, 3.05) is 0 Å². The first kappa shape index (κ1) is 17.0. The molecule has 0 bridgehead atoms. The lowest BCUT2D eigenvalue weighted by atomic mass is 10.1. The fraction of sp³-hybridized carbons (Fsp3) is 0.0556. The summed E-state index contributed by atoms with van der Waals surface area (Å²) in [7, 11) is 0. The second kappa shape index (κ2) is 7.04. The van der Waals surface area contributed by atoms with Crippen molar-refractivity contribution in [3.63, 3.8) is 0 Å². The summed E-state index contributed by atoms with van der Waals surface area (Å²) in [4.78, 5) is 15.3. The van der Waals surface area contributed by atoms with Crippen molar-refractivity contribution in [3.8, 4) is 22.7 Å². The fourth-order valence-electron chi connectivity index (χ4n) is 2.50. The van der Waals surface area contributed by atoms with E-state index in [1.165, 1.54) is 6.07 Å². The minimum Gasteiger partial charge on any atom is -0.469 e. The predicted octanol–water partition coefficient (Wildman–Crippen LogP) is 4.76. The molecule has 0 aliphatic carbocycles. The van der Waals surface area contributed by atoms with Crippen LogP contribution in [0.3, 0.4) is 0 Å². The molecular weight excluding hydrogens is 368 g/mol. The molecule has 0 aliphatic rings. The van der Waals surface area contributed by atoms with Crippen LogP contribution in [0.1, 0.15) is 5.76 Å². The molecule has 0 spiro atoms. The van der Waals surface area contributed by atoms with Crippen molar-refractivity contribution in [1.29, 1.82) is 0 Å². The van der Waals surface area contributed by atoms with Crippen molar-refractivity contribution in [1.82, 2.24) is 15.2 Å². The third kappa shape index (κ3) is 3.44. The lowest BCUT2D eigenvalue weighted by Gasteiger charge is -2.04. The molecule has 3 heterocycles. The summed E-state index contributed by atoms with van der Waals surface area (Å²) in [6.45, 7) is 1.80. The van der Waals surface area contributed by atoms with Crippen LogP contribution in [0, 0.1) is 17.0 Å². The number of rotatable bonds is 5. The summed E-state index contributed by atoms with van der Waals surface area (Å²) >= 11 is 1.14. The highest BCUT2D eigenvalue weighted by molar-refractivity contribution is 7.99. The van der Waals surface area contributed by atoms with Crippen LogP contribution in [-0.2, 0) is 0 Å². The smallest absolute Gasteiger partial charge is 0.295 e. The molecule has 0 radical (unpaired) electrons. The normalized spacial score (nSPS) is 10.9. The summed E-state index contributed by atoms with van der Waals surface area (Å²) in [5, 5.41) is 20.1. The Hall–Kier alpha value is -3.46. The predicted molar refractivity (Wildman–Crippen MR) is 97.2 cm³/mol. The van der Waals surface area contributed by atoms with Crippen LogP contribution >= 0.6 is 11.8 Å². The van der Waals surface area contributed by atoms with Crippen molar-refractivity contribution in [2.24, 2.45) is 0 Å². The lowest BCUT2D eigenvalue weighted by Crippen LogP contribution is -1.95. The van der Waals surface area contributed by atoms with Crippen molar-refractivity contribution in [2.45, 2.75) is 17.2 Å². The maximum absolute atomic E-state index is 11.3. The van der Waals surface area contributed by atoms with Gasteiger partial charge in [-0.15, -0.1) is 10.2 Å². The highest BCUT2D eigenvalue weighted by Gasteiger charge is 2.19. The molecule has 8 nitrogen and oxygen atoms in total. The molecule has 4 aromatic rings. The summed E-state index contributed by atoms with van der Waals surface area (Å²) in [5.74, 6) is 1.02. The number of pyridine rings is 1. The van der Waals surface area contributed by atoms with Crippen LogP contribution in [0.25, 0.3) is 22.7 Å². The molecule has 0 fully saturated rings. The average molecular weight is 380 g/mol. The first-order chi connectivity index (χ1) is 13.1. The maximum atomic E-state index is 11.3. The molecule has 0 unspecified atom stereocenters. The number of furan rings is 1. The molecule has 0 saturated carbocycles. The van der Waals surface area contributed by atoms with Gasteiger partial charge in [-0.3, -0.25) is 10.1 Å². The van der Waals surface area contributed by atoms with Gasteiger partial charge in [0.25, 0.3) is 16.8 Å². The molecule has 0 atom stereocenters. The molecule has 134 valence electrons. The highest BCUT2D eigenvalue weighted by atomic mass is 32.2. The molecule has 0 aliphatic heterocycles. The van der Waals surface area contributed by atoms with Gasteiger partial charge in [0, 0.05) is 11.6 Å². The van der Waals surface area contributed by atoms with Gasteiger partial charge in [-0.1, -0.05) is 30.3 Å². The third-order valence-corrected chi connectivity index (χ3v) is 4.56. The molecule has 0 N–H and O–H groups in total. The Balaban J connectivity index is 1.66. The summed E-state index contributed by atoms with van der Waals surface area (Å²) in [5.41, 5.74) is 1.60. The van der Waals surface area contributed by atoms with Gasteiger partial charge in [-0.2, -0.15) is 0 Å². The van der Waals surface area contributed by atoms with Gasteiger partial charge in [-0.25, -0.2) is 4.98 Å². The standard InChI is InChI=1S/C18H12N4O4S/c1-11-13(9-10-25-11)17-20-21-18(26-17)27-15-8-7-14(22(23)24)16(19-15)12-5-3-2-4-6-12/h2-10H,1H3. The fourth-order valence-corrected chi connectivity index (χ4v) is 3.16. The Labute approximate surface area is 157 Å². The SMILES string of the molecule is Cc1occc1-c1nnc(Sc2ccc([N+](=O)[O-])c(-c3ccccc3)n2)o1. The van der Waals surface area contributed by atoms with Gasteiger partial charge < -0.3 is 8.83 Å². The minimum absolute atomic E-state index is 0.0641. The van der Waals surface area contributed by atoms with Gasteiger partial charge in [-0.05, 0) is 30.8 Å². The van der Waals surface area contributed by atoms with Crippen LogP contribution < -0.4 is 0 Å². The van der Waals surface area contributed by atoms with Gasteiger partial charge in [0.1, 0.15) is 16.5 Å². The maximum Gasteiger partial charge on any atom is 0.295 e. The number of nitrogens with zero attached hydrogens (tertiary/aromatic N) is 4. The Morgan fingerprint density at radius 1 is 1.07 bits per heavy atom. The van der Waals surface area contributed by atoms with Crippen LogP contribution in [0.15, 0.2) is 73.9 Å². The number of aromatic nitrogens is 3. The first-order valence-electron chi connectivity index (χ1n) is 7.88. The summed E-state index contributed by atoms with van der Waals surface area (Å²) < 4.78 is 10.9. The summed E-state index contributed by atoms with van der Waals surface area (Å²) in [6.07, 6.45) is 1.55. The van der Waals surface area contributed by atoms with E-state index in [0.717, 1.165) is 17.3 Å². The highest BCUT2D eigenvalue weighted by Crippen LogP contribution is 2.34. The Kier molecular flexibility index (Phi) is 4.43. The van der Waals surface area contributed by atoms with Gasteiger partial charge in [0.05, 0.1) is 16.7 Å². The van der Waals surface area contributed by atoms with E-state index < -0.39 is 4.92 Å². The zero-order valence-electron chi connectivity index (χ0n) is 14.0. The topological polar surface area (TPSA) is 108 Å². The first-order valence-corrected chi connectivity index (χ1v) is 8.70. The van der Waals surface area contributed by atoms with E-state index in [-0.39, 0.29) is 16.6 Å². The number of aryl methyl sites for hydroxylation is 1. The zero-order valence-corrected chi connectivity index (χ0v) is 14.8. The second-order valence-corrected chi connectivity index (χ2v) is 6.48. The molecule has 0 saturated heterocycles. The second-order valence-electron chi connectivity index (χ2n) is 5.51. The van der Waals surface area contributed by atoms with Crippen LogP contribution in [0.2, 0.25) is 0 Å².